The molecule has 1 aromatic carbocycles. The largest absolute Gasteiger partial charge is 0.497 e. The molecule has 0 aliphatic rings. The summed E-state index contributed by atoms with van der Waals surface area (Å²) in [6.07, 6.45) is 0.394. The molecule has 0 bridgehead atoms. The Morgan fingerprint density at radius 2 is 1.78 bits per heavy atom. The third-order valence-corrected chi connectivity index (χ3v) is 2.36. The molecule has 7 nitrogen and oxygen atoms in total. The molecule has 0 fully saturated rings. The molecular weight excluding hydrogens is 302 g/mol. The predicted octanol–water partition coefficient (Wildman–Crippen LogP) is 3.62. The van der Waals surface area contributed by atoms with Crippen molar-refractivity contribution in [3.8, 4) is 5.75 Å². The summed E-state index contributed by atoms with van der Waals surface area (Å²) in [5.41, 5.74) is -0.194. The van der Waals surface area contributed by atoms with Crippen molar-refractivity contribution in [2.75, 3.05) is 20.3 Å². The maximum atomic E-state index is 10.4. The number of hydrogen-bond donors (Lipinski definition) is 0. The number of ether oxygens (including phenoxy) is 3. The molecule has 0 saturated carbocycles. The molecule has 0 aliphatic heterocycles. The van der Waals surface area contributed by atoms with Crippen LogP contribution in [0.3, 0.4) is 0 Å². The lowest BCUT2D eigenvalue weighted by Crippen LogP contribution is -2.11. The van der Waals surface area contributed by atoms with Crippen LogP contribution in [0.4, 0.5) is 5.69 Å². The summed E-state index contributed by atoms with van der Waals surface area (Å²) in [5.74, 6) is 0.424. The number of aldehydes is 1. The highest BCUT2D eigenvalue weighted by Crippen LogP contribution is 2.21. The molecule has 0 N–H and O–H groups in total. The van der Waals surface area contributed by atoms with Crippen LogP contribution in [-0.4, -0.2) is 37.8 Å². The van der Waals surface area contributed by atoms with Crippen molar-refractivity contribution in [3.63, 3.8) is 0 Å². The Bertz CT molecular complexity index is 458. The molecule has 0 aliphatic carbocycles. The van der Waals surface area contributed by atoms with E-state index in [0.29, 0.717) is 12.0 Å². The normalized spacial score (nSPS) is 9.09. The Hall–Kier alpha value is -2.25. The average Bonchev–Trinajstić information content (AvgIpc) is 2.57. The summed E-state index contributed by atoms with van der Waals surface area (Å²) in [6, 6.07) is 4.00. The van der Waals surface area contributed by atoms with Gasteiger partial charge >= 0.3 is 0 Å². The summed E-state index contributed by atoms with van der Waals surface area (Å²) < 4.78 is 14.9. The molecule has 0 unspecified atom stereocenters. The van der Waals surface area contributed by atoms with E-state index in [1.807, 2.05) is 20.8 Å². The van der Waals surface area contributed by atoms with Crippen LogP contribution in [0.1, 0.15) is 31.1 Å². The fourth-order valence-electron chi connectivity index (χ4n) is 1.44. The smallest absolute Gasteiger partial charge is 0.280 e. The zero-order valence-electron chi connectivity index (χ0n) is 14.1. The molecule has 0 amide bonds. The summed E-state index contributed by atoms with van der Waals surface area (Å²) in [7, 11) is 1.43. The second-order valence-electron chi connectivity index (χ2n) is 3.78. The van der Waals surface area contributed by atoms with Gasteiger partial charge in [0.1, 0.15) is 5.75 Å². The van der Waals surface area contributed by atoms with Gasteiger partial charge in [-0.3, -0.25) is 14.9 Å². The molecular formula is C16H25NO6. The molecule has 7 heteroatoms. The van der Waals surface area contributed by atoms with Gasteiger partial charge in [-0.05, 0) is 32.9 Å². The van der Waals surface area contributed by atoms with Gasteiger partial charge in [-0.25, -0.2) is 0 Å². The first kappa shape index (κ1) is 23.0. The van der Waals surface area contributed by atoms with Gasteiger partial charge in [0.25, 0.3) is 5.69 Å². The van der Waals surface area contributed by atoms with Crippen LogP contribution in [0.25, 0.3) is 0 Å². The van der Waals surface area contributed by atoms with Crippen LogP contribution >= 0.6 is 0 Å². The minimum atomic E-state index is -0.608. The predicted molar refractivity (Wildman–Crippen MR) is 89.0 cm³/mol. The molecule has 0 atom stereocenters. The number of rotatable bonds is 7. The van der Waals surface area contributed by atoms with Gasteiger partial charge in [0.2, 0.25) is 0 Å². The van der Waals surface area contributed by atoms with E-state index in [4.69, 9.17) is 14.2 Å². The molecule has 1 aromatic rings. The lowest BCUT2D eigenvalue weighted by molar-refractivity contribution is -0.385. The summed E-state index contributed by atoms with van der Waals surface area (Å²) in [6.45, 7) is 13.3. The molecule has 0 heterocycles. The highest BCUT2D eigenvalue weighted by molar-refractivity contribution is 5.82. The number of nitro groups is 1. The van der Waals surface area contributed by atoms with E-state index in [-0.39, 0.29) is 17.5 Å². The third-order valence-electron chi connectivity index (χ3n) is 2.36. The molecule has 1 rings (SSSR count). The first-order chi connectivity index (χ1) is 11.0. The first-order valence-electron chi connectivity index (χ1n) is 7.00. The van der Waals surface area contributed by atoms with Crippen LogP contribution in [0.15, 0.2) is 31.4 Å². The van der Waals surface area contributed by atoms with Gasteiger partial charge < -0.3 is 14.2 Å². The topological polar surface area (TPSA) is 87.9 Å². The molecule has 0 spiro atoms. The average molecular weight is 327 g/mol. The van der Waals surface area contributed by atoms with Crippen molar-refractivity contribution in [3.05, 3.63) is 47.0 Å². The van der Waals surface area contributed by atoms with Gasteiger partial charge in [-0.15, -0.1) is 13.2 Å². The summed E-state index contributed by atoms with van der Waals surface area (Å²) in [5, 5.41) is 10.4. The molecule has 0 saturated heterocycles. The van der Waals surface area contributed by atoms with Crippen molar-refractivity contribution in [2.24, 2.45) is 0 Å². The maximum absolute atomic E-state index is 10.4. The van der Waals surface area contributed by atoms with Gasteiger partial charge in [0.15, 0.2) is 12.6 Å². The van der Waals surface area contributed by atoms with Crippen molar-refractivity contribution in [1.82, 2.24) is 0 Å². The van der Waals surface area contributed by atoms with Gasteiger partial charge in [-0.2, -0.15) is 0 Å². The van der Waals surface area contributed by atoms with Crippen LogP contribution in [-0.2, 0) is 9.47 Å². The third kappa shape index (κ3) is 10.2. The van der Waals surface area contributed by atoms with E-state index in [1.165, 1.54) is 25.3 Å². The lowest BCUT2D eigenvalue weighted by Gasteiger charge is -2.09. The lowest BCUT2D eigenvalue weighted by atomic mass is 10.2. The fraction of sp³-hybridized carbons (Fsp3) is 0.438. The second kappa shape index (κ2) is 14.7. The van der Waals surface area contributed by atoms with Crippen molar-refractivity contribution in [2.45, 2.75) is 27.1 Å². The number of benzene rings is 1. The zero-order valence-corrected chi connectivity index (χ0v) is 14.1. The second-order valence-corrected chi connectivity index (χ2v) is 3.78. The van der Waals surface area contributed by atoms with Gasteiger partial charge in [-0.1, -0.05) is 0 Å². The maximum Gasteiger partial charge on any atom is 0.280 e. The van der Waals surface area contributed by atoms with Gasteiger partial charge in [0.05, 0.1) is 17.6 Å². The van der Waals surface area contributed by atoms with E-state index >= 15 is 0 Å². The molecule has 23 heavy (non-hydrogen) atoms. The summed E-state index contributed by atoms with van der Waals surface area (Å²) >= 11 is 0. The van der Waals surface area contributed by atoms with Crippen LogP contribution in [0.5, 0.6) is 5.75 Å². The Morgan fingerprint density at radius 3 is 2.13 bits per heavy atom. The van der Waals surface area contributed by atoms with E-state index in [0.717, 1.165) is 13.2 Å². The van der Waals surface area contributed by atoms with Crippen LogP contribution in [0.2, 0.25) is 0 Å². The quantitative estimate of drug-likeness (QED) is 0.250. The summed E-state index contributed by atoms with van der Waals surface area (Å²) in [4.78, 5) is 20.2. The number of nitro benzene ring substituents is 1. The minimum absolute atomic E-state index is 0.0179. The van der Waals surface area contributed by atoms with Crippen LogP contribution < -0.4 is 4.74 Å². The van der Waals surface area contributed by atoms with E-state index < -0.39 is 4.92 Å². The Balaban J connectivity index is 0. The number of carbonyl (C=O) groups excluding carboxylic acids is 1. The number of hydrogen-bond acceptors (Lipinski definition) is 6. The molecule has 130 valence electrons. The standard InChI is InChI=1S/C8H7NO4.C6H14O2.C2H4/c1-13-7-2-3-8(9(11)12)6(4-7)5-10;1-4-7-6(3)8-5-2;1-2/h2-5H,1H3;6H,4-5H2,1-3H3;1-2H2. The molecule has 0 radical (unpaired) electrons. The molecule has 0 aromatic heterocycles. The number of nitrogens with zero attached hydrogens (tertiary/aromatic N) is 1. The van der Waals surface area contributed by atoms with E-state index in [9.17, 15) is 14.9 Å². The Morgan fingerprint density at radius 1 is 1.26 bits per heavy atom. The van der Waals surface area contributed by atoms with Crippen molar-refractivity contribution < 1.29 is 23.9 Å². The first-order valence-corrected chi connectivity index (χ1v) is 7.00. The highest BCUT2D eigenvalue weighted by atomic mass is 16.7. The van der Waals surface area contributed by atoms with Crippen molar-refractivity contribution >= 4 is 12.0 Å². The number of carbonyl (C=O) groups is 1. The fourth-order valence-corrected chi connectivity index (χ4v) is 1.44. The van der Waals surface area contributed by atoms with E-state index in [1.54, 1.807) is 0 Å². The Kier molecular flexibility index (Phi) is 14.7. The Labute approximate surface area is 137 Å². The zero-order chi connectivity index (χ0) is 18.3. The van der Waals surface area contributed by atoms with Crippen LogP contribution in [0, 0.1) is 10.1 Å². The van der Waals surface area contributed by atoms with E-state index in [2.05, 4.69) is 13.2 Å². The van der Waals surface area contributed by atoms with Gasteiger partial charge in [0, 0.05) is 19.3 Å². The van der Waals surface area contributed by atoms with Crippen molar-refractivity contribution in [1.29, 1.82) is 0 Å². The number of methoxy groups -OCH3 is 1. The monoisotopic (exact) mass is 327 g/mol. The minimum Gasteiger partial charge on any atom is -0.497 e. The highest BCUT2D eigenvalue weighted by Gasteiger charge is 2.13. The SMILES string of the molecule is C=C.CCOC(C)OCC.COc1ccc([N+](=O)[O-])c(C=O)c1.